The number of hydrogen-bond acceptors (Lipinski definition) is 14. The molecule has 0 aliphatic carbocycles. The van der Waals surface area contributed by atoms with Gasteiger partial charge in [-0.2, -0.15) is 0 Å². The Morgan fingerprint density at radius 2 is 1.96 bits per heavy atom. The van der Waals surface area contributed by atoms with Crippen LogP contribution in [0.4, 0.5) is 5.13 Å². The standard InChI is InChI=1S/C30H36ClN7O9S2/c1-30(2,28(45)46)47-36-21(18-14-49-29(32)35-18)25(42)34-17-11-37-22(27(43)44)15(13-48-26(17)37)12-38(8-3-4-9-38)10-7-33-24(41)16-5-6-19(39)23(40)20(16)31/h5-6,14,17,26H,3-4,7-13H2,1-2H3,(H7-,32,33,34,35,36,39,40,41,42,43,44,45,46)/t17-,26-/m1/s1. The van der Waals surface area contributed by atoms with E-state index in [4.69, 9.17) is 22.2 Å². The highest BCUT2D eigenvalue weighted by Gasteiger charge is 2.47. The molecule has 49 heavy (non-hydrogen) atoms. The quantitative estimate of drug-likeness (QED) is 0.0702. The van der Waals surface area contributed by atoms with Crippen LogP contribution in [0, 0.1) is 0 Å². The Bertz CT molecular complexity index is 1720. The SMILES string of the molecule is CC(C)(O/N=C(/C(=O)N[C@@H]1CN2C(C(=O)[O-])=C(C[N+]3(CCNC(=O)c4ccc(O)c(O)c4Cl)CCCC3)CS[C@H]12)c1csc(N)n1)C(=O)O. The largest absolute Gasteiger partial charge is 0.543 e. The van der Waals surface area contributed by atoms with Crippen molar-refractivity contribution in [1.82, 2.24) is 20.5 Å². The van der Waals surface area contributed by atoms with Gasteiger partial charge in [0.05, 0.1) is 59.8 Å². The molecule has 2 amide bonds. The Kier molecular flexibility index (Phi) is 10.5. The van der Waals surface area contributed by atoms with Gasteiger partial charge in [-0.1, -0.05) is 16.8 Å². The Balaban J connectivity index is 1.26. The molecule has 0 bridgehead atoms. The number of fused-ring (bicyclic) bond motifs is 1. The van der Waals surface area contributed by atoms with Crippen molar-refractivity contribution in [3.8, 4) is 11.5 Å². The third-order valence-electron chi connectivity index (χ3n) is 8.72. The van der Waals surface area contributed by atoms with Crippen molar-refractivity contribution in [2.45, 2.75) is 43.7 Å². The number of phenols is 2. The fourth-order valence-electron chi connectivity index (χ4n) is 6.01. The summed E-state index contributed by atoms with van der Waals surface area (Å²) in [7, 11) is 0. The number of carbonyl (C=O) groups excluding carboxylic acids is 3. The average molecular weight is 738 g/mol. The van der Waals surface area contributed by atoms with Gasteiger partial charge in [0.25, 0.3) is 11.8 Å². The summed E-state index contributed by atoms with van der Waals surface area (Å²) >= 11 is 8.59. The molecule has 4 heterocycles. The average Bonchev–Trinajstić information content (AvgIpc) is 3.67. The summed E-state index contributed by atoms with van der Waals surface area (Å²) in [5.74, 6) is -4.44. The number of quaternary nitrogens is 1. The zero-order chi connectivity index (χ0) is 35.7. The van der Waals surface area contributed by atoms with Crippen LogP contribution in [0.5, 0.6) is 11.5 Å². The maximum Gasteiger partial charge on any atom is 0.350 e. The van der Waals surface area contributed by atoms with E-state index in [-0.39, 0.29) is 45.9 Å². The minimum Gasteiger partial charge on any atom is -0.543 e. The van der Waals surface area contributed by atoms with Crippen LogP contribution >= 0.6 is 34.7 Å². The van der Waals surface area contributed by atoms with E-state index in [0.717, 1.165) is 37.3 Å². The van der Waals surface area contributed by atoms with Crippen LogP contribution in [0.15, 0.2) is 33.9 Å². The first kappa shape index (κ1) is 36.0. The molecule has 2 saturated heterocycles. The topological polar surface area (TPSA) is 240 Å². The molecule has 3 aliphatic heterocycles. The van der Waals surface area contributed by atoms with Crippen molar-refractivity contribution in [3.63, 3.8) is 0 Å². The molecule has 7 N–H and O–H groups in total. The van der Waals surface area contributed by atoms with E-state index in [1.165, 1.54) is 43.1 Å². The van der Waals surface area contributed by atoms with E-state index in [2.05, 4.69) is 20.8 Å². The van der Waals surface area contributed by atoms with E-state index >= 15 is 0 Å². The highest BCUT2D eigenvalue weighted by molar-refractivity contribution is 8.00. The Labute approximate surface area is 294 Å². The number of anilines is 1. The van der Waals surface area contributed by atoms with E-state index < -0.39 is 52.3 Å². The number of phenolic OH excluding ortho intramolecular Hbond substituents is 2. The van der Waals surface area contributed by atoms with Gasteiger partial charge in [0.1, 0.15) is 12.2 Å². The normalized spacial score (nSPS) is 20.3. The highest BCUT2D eigenvalue weighted by Crippen LogP contribution is 2.40. The third kappa shape index (κ3) is 7.66. The molecular weight excluding hydrogens is 702 g/mol. The lowest BCUT2D eigenvalue weighted by molar-refractivity contribution is -0.911. The number of amides is 2. The van der Waals surface area contributed by atoms with E-state index in [9.17, 15) is 39.6 Å². The molecule has 2 aromatic rings. The summed E-state index contributed by atoms with van der Waals surface area (Å²) in [5.41, 5.74) is 4.66. The van der Waals surface area contributed by atoms with Gasteiger partial charge >= 0.3 is 5.97 Å². The highest BCUT2D eigenvalue weighted by atomic mass is 35.5. The Morgan fingerprint density at radius 1 is 1.24 bits per heavy atom. The maximum atomic E-state index is 13.4. The predicted octanol–water partition coefficient (Wildman–Crippen LogP) is 0.292. The van der Waals surface area contributed by atoms with Crippen molar-refractivity contribution in [2.75, 3.05) is 50.8 Å². The summed E-state index contributed by atoms with van der Waals surface area (Å²) in [6.45, 7) is 5.54. The molecule has 2 fully saturated rings. The number of hydrogen-bond donors (Lipinski definition) is 6. The molecule has 0 saturated carbocycles. The Hall–Kier alpha value is -4.26. The number of carboxylic acids is 2. The third-order valence-corrected chi connectivity index (χ3v) is 11.2. The number of carbonyl (C=O) groups is 4. The second-order valence-electron chi connectivity index (χ2n) is 12.5. The fourth-order valence-corrected chi connectivity index (χ4v) is 8.16. The van der Waals surface area contributed by atoms with Crippen LogP contribution in [0.2, 0.25) is 5.02 Å². The van der Waals surface area contributed by atoms with Crippen LogP contribution in [0.3, 0.4) is 0 Å². The molecule has 3 aliphatic rings. The number of thiazole rings is 1. The van der Waals surface area contributed by atoms with Crippen molar-refractivity contribution in [2.24, 2.45) is 5.16 Å². The molecule has 19 heteroatoms. The van der Waals surface area contributed by atoms with E-state index in [1.807, 2.05) is 0 Å². The van der Waals surface area contributed by atoms with Gasteiger partial charge in [-0.15, -0.1) is 23.1 Å². The number of oxime groups is 1. The predicted molar refractivity (Wildman–Crippen MR) is 179 cm³/mol. The van der Waals surface area contributed by atoms with Gasteiger partial charge < -0.3 is 55.8 Å². The maximum absolute atomic E-state index is 13.4. The Morgan fingerprint density at radius 3 is 2.59 bits per heavy atom. The number of likely N-dealkylation sites (tertiary alicyclic amines) is 1. The van der Waals surface area contributed by atoms with Gasteiger partial charge in [-0.25, -0.2) is 9.78 Å². The van der Waals surface area contributed by atoms with E-state index in [0.29, 0.717) is 28.9 Å². The number of aromatic nitrogens is 1. The number of halogens is 1. The van der Waals surface area contributed by atoms with Gasteiger partial charge in [0.15, 0.2) is 22.3 Å². The van der Waals surface area contributed by atoms with Crippen LogP contribution in [0.1, 0.15) is 42.7 Å². The van der Waals surface area contributed by atoms with Gasteiger partial charge in [0.2, 0.25) is 5.60 Å². The van der Waals surface area contributed by atoms with Gasteiger partial charge in [0, 0.05) is 36.1 Å². The van der Waals surface area contributed by atoms with Crippen molar-refractivity contribution < 1.29 is 48.9 Å². The number of nitrogens with zero attached hydrogens (tertiary/aromatic N) is 4. The first-order valence-electron chi connectivity index (χ1n) is 15.3. The molecule has 2 atom stereocenters. The number of aromatic hydroxyl groups is 2. The van der Waals surface area contributed by atoms with Gasteiger partial charge in [-0.3, -0.25) is 9.59 Å². The minimum absolute atomic E-state index is 0.0202. The molecule has 264 valence electrons. The zero-order valence-electron chi connectivity index (χ0n) is 26.6. The second-order valence-corrected chi connectivity index (χ2v) is 14.9. The summed E-state index contributed by atoms with van der Waals surface area (Å²) in [5, 5.41) is 51.9. The number of benzene rings is 1. The van der Waals surface area contributed by atoms with Crippen LogP contribution in [-0.2, 0) is 19.2 Å². The number of nitrogens with one attached hydrogen (secondary N) is 2. The molecule has 0 spiro atoms. The lowest BCUT2D eigenvalue weighted by atomic mass is 10.0. The fraction of sp³-hybridized carbons (Fsp3) is 0.467. The zero-order valence-corrected chi connectivity index (χ0v) is 29.0. The molecule has 1 aromatic carbocycles. The van der Waals surface area contributed by atoms with Crippen LogP contribution in [-0.4, -0.2) is 121 Å². The lowest BCUT2D eigenvalue weighted by Gasteiger charge is -2.53. The van der Waals surface area contributed by atoms with Crippen LogP contribution in [0.25, 0.3) is 0 Å². The van der Waals surface area contributed by atoms with Crippen molar-refractivity contribution in [3.05, 3.63) is 45.1 Å². The molecule has 1 aromatic heterocycles. The summed E-state index contributed by atoms with van der Waals surface area (Å²) < 4.78 is 0.559. The molecule has 0 radical (unpaired) electrons. The minimum atomic E-state index is -1.73. The molecule has 16 nitrogen and oxygen atoms in total. The summed E-state index contributed by atoms with van der Waals surface area (Å²) in [6, 6.07) is 2.02. The summed E-state index contributed by atoms with van der Waals surface area (Å²) in [4.78, 5) is 61.1. The van der Waals surface area contributed by atoms with E-state index in [1.54, 1.807) is 4.90 Å². The lowest BCUT2D eigenvalue weighted by Crippen LogP contribution is -2.68. The number of nitrogens with two attached hydrogens (primary N) is 1. The first-order chi connectivity index (χ1) is 23.1. The smallest absolute Gasteiger partial charge is 0.350 e. The van der Waals surface area contributed by atoms with Gasteiger partial charge in [-0.05, 0) is 26.0 Å². The number of nitrogen functional groups attached to an aromatic ring is 1. The van der Waals surface area contributed by atoms with Crippen molar-refractivity contribution >= 4 is 69.3 Å². The number of aliphatic carboxylic acids is 2. The van der Waals surface area contributed by atoms with Crippen LogP contribution < -0.4 is 21.5 Å². The van der Waals surface area contributed by atoms with Crippen molar-refractivity contribution in [1.29, 1.82) is 0 Å². The molecule has 0 unspecified atom stereocenters. The number of thioether (sulfide) groups is 1. The monoisotopic (exact) mass is 737 g/mol. The number of rotatable bonds is 13. The first-order valence-corrected chi connectivity index (χ1v) is 17.6. The summed E-state index contributed by atoms with van der Waals surface area (Å²) in [6.07, 6.45) is 1.88. The number of carboxylic acid groups (broad SMARTS) is 2. The second kappa shape index (κ2) is 14.3. The molecule has 5 rings (SSSR count). The molecular formula is C30H36ClN7O9S2.